The fourth-order valence-corrected chi connectivity index (χ4v) is 2.95. The van der Waals surface area contributed by atoms with Crippen LogP contribution in [0.5, 0.6) is 0 Å². The highest BCUT2D eigenvalue weighted by atomic mass is 35.5. The standard InChI is InChI=1S/C14H10ClN3S/c15-11-4-2-1-3-10(11)12-13(19-14(16)18-12)9-5-7-17-8-6-9/h1-8H,(H2,16,18). The molecule has 0 unspecified atom stereocenters. The number of aromatic nitrogens is 2. The van der Waals surface area contributed by atoms with Crippen LogP contribution in [0.15, 0.2) is 48.8 Å². The Labute approximate surface area is 119 Å². The van der Waals surface area contributed by atoms with Gasteiger partial charge >= 0.3 is 0 Å². The van der Waals surface area contributed by atoms with Crippen molar-refractivity contribution in [3.05, 3.63) is 53.8 Å². The van der Waals surface area contributed by atoms with E-state index in [0.717, 1.165) is 21.7 Å². The second-order valence-corrected chi connectivity index (χ2v) is 5.38. The van der Waals surface area contributed by atoms with Gasteiger partial charge in [0.05, 0.1) is 15.6 Å². The summed E-state index contributed by atoms with van der Waals surface area (Å²) in [5, 5.41) is 1.20. The number of halogens is 1. The second-order valence-electron chi connectivity index (χ2n) is 3.95. The molecule has 3 rings (SSSR count). The van der Waals surface area contributed by atoms with Crippen LogP contribution in [0.25, 0.3) is 21.7 Å². The van der Waals surface area contributed by atoms with Crippen LogP contribution < -0.4 is 5.73 Å². The topological polar surface area (TPSA) is 51.8 Å². The van der Waals surface area contributed by atoms with Crippen molar-refractivity contribution in [2.45, 2.75) is 0 Å². The van der Waals surface area contributed by atoms with Crippen LogP contribution in [0.1, 0.15) is 0 Å². The van der Waals surface area contributed by atoms with Gasteiger partial charge < -0.3 is 5.73 Å². The molecule has 0 aliphatic rings. The number of thiazole rings is 1. The molecule has 1 aromatic carbocycles. The first kappa shape index (κ1) is 12.1. The number of nitrogens with zero attached hydrogens (tertiary/aromatic N) is 2. The highest BCUT2D eigenvalue weighted by Crippen LogP contribution is 2.39. The van der Waals surface area contributed by atoms with Crippen LogP contribution >= 0.6 is 22.9 Å². The van der Waals surface area contributed by atoms with Crippen molar-refractivity contribution in [3.63, 3.8) is 0 Å². The molecule has 2 aromatic heterocycles. The van der Waals surface area contributed by atoms with E-state index in [1.165, 1.54) is 11.3 Å². The molecule has 0 aliphatic carbocycles. The van der Waals surface area contributed by atoms with E-state index in [1.807, 2.05) is 36.4 Å². The molecule has 0 saturated carbocycles. The molecule has 94 valence electrons. The van der Waals surface area contributed by atoms with Crippen molar-refractivity contribution >= 4 is 28.1 Å². The lowest BCUT2D eigenvalue weighted by Gasteiger charge is -2.04. The van der Waals surface area contributed by atoms with E-state index in [1.54, 1.807) is 12.4 Å². The summed E-state index contributed by atoms with van der Waals surface area (Å²) < 4.78 is 0. The molecule has 0 atom stereocenters. The zero-order valence-electron chi connectivity index (χ0n) is 9.88. The van der Waals surface area contributed by atoms with Crippen LogP contribution in [0.3, 0.4) is 0 Å². The molecule has 0 fully saturated rings. The molecular formula is C14H10ClN3S. The van der Waals surface area contributed by atoms with Gasteiger partial charge in [-0.1, -0.05) is 41.1 Å². The minimum Gasteiger partial charge on any atom is -0.375 e. The summed E-state index contributed by atoms with van der Waals surface area (Å²) in [6.45, 7) is 0. The van der Waals surface area contributed by atoms with Gasteiger partial charge in [0, 0.05) is 18.0 Å². The summed E-state index contributed by atoms with van der Waals surface area (Å²) in [7, 11) is 0. The van der Waals surface area contributed by atoms with Crippen molar-refractivity contribution in [3.8, 4) is 21.7 Å². The molecule has 5 heteroatoms. The van der Waals surface area contributed by atoms with Crippen molar-refractivity contribution in [1.29, 1.82) is 0 Å². The molecule has 0 amide bonds. The molecule has 0 saturated heterocycles. The highest BCUT2D eigenvalue weighted by molar-refractivity contribution is 7.19. The average molecular weight is 288 g/mol. The fraction of sp³-hybridized carbons (Fsp3) is 0. The molecule has 2 heterocycles. The summed E-state index contributed by atoms with van der Waals surface area (Å²) in [5.41, 5.74) is 8.61. The number of benzene rings is 1. The number of hydrogen-bond acceptors (Lipinski definition) is 4. The van der Waals surface area contributed by atoms with Crippen molar-refractivity contribution in [1.82, 2.24) is 9.97 Å². The van der Waals surface area contributed by atoms with E-state index in [9.17, 15) is 0 Å². The Bertz CT molecular complexity index is 710. The molecule has 2 N–H and O–H groups in total. The Hall–Kier alpha value is -1.91. The number of hydrogen-bond donors (Lipinski definition) is 1. The molecule has 0 bridgehead atoms. The Balaban J connectivity index is 2.21. The van der Waals surface area contributed by atoms with Gasteiger partial charge in [0.15, 0.2) is 5.13 Å². The Morgan fingerprint density at radius 2 is 1.79 bits per heavy atom. The SMILES string of the molecule is Nc1nc(-c2ccccc2Cl)c(-c2ccncc2)s1. The van der Waals surface area contributed by atoms with Crippen LogP contribution in [-0.2, 0) is 0 Å². The number of nitrogen functional groups attached to an aromatic ring is 1. The number of pyridine rings is 1. The molecule has 0 radical (unpaired) electrons. The highest BCUT2D eigenvalue weighted by Gasteiger charge is 2.15. The second kappa shape index (κ2) is 4.99. The van der Waals surface area contributed by atoms with Gasteiger partial charge in [-0.3, -0.25) is 4.98 Å². The van der Waals surface area contributed by atoms with E-state index in [2.05, 4.69) is 9.97 Å². The monoisotopic (exact) mass is 287 g/mol. The van der Waals surface area contributed by atoms with E-state index >= 15 is 0 Å². The van der Waals surface area contributed by atoms with E-state index in [-0.39, 0.29) is 0 Å². The zero-order chi connectivity index (χ0) is 13.2. The molecule has 19 heavy (non-hydrogen) atoms. The molecular weight excluding hydrogens is 278 g/mol. The van der Waals surface area contributed by atoms with Crippen molar-refractivity contribution in [2.24, 2.45) is 0 Å². The van der Waals surface area contributed by atoms with Crippen LogP contribution in [-0.4, -0.2) is 9.97 Å². The lowest BCUT2D eigenvalue weighted by atomic mass is 10.1. The average Bonchev–Trinajstić information content (AvgIpc) is 2.82. The number of rotatable bonds is 2. The first-order chi connectivity index (χ1) is 9.25. The molecule has 0 aliphatic heterocycles. The predicted molar refractivity (Wildman–Crippen MR) is 80.2 cm³/mol. The summed E-state index contributed by atoms with van der Waals surface area (Å²) in [4.78, 5) is 9.44. The minimum atomic E-state index is 0.529. The Morgan fingerprint density at radius 3 is 2.53 bits per heavy atom. The van der Waals surface area contributed by atoms with Gasteiger partial charge in [0.1, 0.15) is 0 Å². The van der Waals surface area contributed by atoms with Gasteiger partial charge in [0.25, 0.3) is 0 Å². The van der Waals surface area contributed by atoms with Crippen LogP contribution in [0, 0.1) is 0 Å². The molecule has 0 spiro atoms. The quantitative estimate of drug-likeness (QED) is 0.772. The maximum absolute atomic E-state index is 6.24. The normalized spacial score (nSPS) is 10.6. The maximum Gasteiger partial charge on any atom is 0.181 e. The first-order valence-corrected chi connectivity index (χ1v) is 6.87. The lowest BCUT2D eigenvalue weighted by Crippen LogP contribution is -1.85. The number of nitrogens with two attached hydrogens (primary N) is 1. The number of anilines is 1. The third-order valence-electron chi connectivity index (χ3n) is 2.72. The van der Waals surface area contributed by atoms with Gasteiger partial charge in [-0.15, -0.1) is 0 Å². The Morgan fingerprint density at radius 1 is 1.05 bits per heavy atom. The molecule has 3 aromatic rings. The van der Waals surface area contributed by atoms with Crippen molar-refractivity contribution < 1.29 is 0 Å². The third-order valence-corrected chi connectivity index (χ3v) is 3.98. The third kappa shape index (κ3) is 2.32. The first-order valence-electron chi connectivity index (χ1n) is 5.67. The van der Waals surface area contributed by atoms with Crippen LogP contribution in [0.2, 0.25) is 5.02 Å². The zero-order valence-corrected chi connectivity index (χ0v) is 11.4. The van der Waals surface area contributed by atoms with Crippen molar-refractivity contribution in [2.75, 3.05) is 5.73 Å². The maximum atomic E-state index is 6.24. The summed E-state index contributed by atoms with van der Waals surface area (Å²) >= 11 is 7.69. The largest absolute Gasteiger partial charge is 0.375 e. The van der Waals surface area contributed by atoms with E-state index < -0.39 is 0 Å². The van der Waals surface area contributed by atoms with Crippen LogP contribution in [0.4, 0.5) is 5.13 Å². The summed E-state index contributed by atoms with van der Waals surface area (Å²) in [6.07, 6.45) is 3.50. The van der Waals surface area contributed by atoms with Gasteiger partial charge in [-0.2, -0.15) is 0 Å². The summed E-state index contributed by atoms with van der Waals surface area (Å²) in [5.74, 6) is 0. The predicted octanol–water partition coefficient (Wildman–Crippen LogP) is 4.11. The Kier molecular flexibility index (Phi) is 3.19. The smallest absolute Gasteiger partial charge is 0.181 e. The lowest BCUT2D eigenvalue weighted by molar-refractivity contribution is 1.33. The van der Waals surface area contributed by atoms with Gasteiger partial charge in [-0.25, -0.2) is 4.98 Å². The summed E-state index contributed by atoms with van der Waals surface area (Å²) in [6, 6.07) is 11.5. The van der Waals surface area contributed by atoms with Gasteiger partial charge in [0.2, 0.25) is 0 Å². The van der Waals surface area contributed by atoms with Gasteiger partial charge in [-0.05, 0) is 23.8 Å². The molecule has 3 nitrogen and oxygen atoms in total. The minimum absolute atomic E-state index is 0.529. The fourth-order valence-electron chi connectivity index (χ4n) is 1.87. The van der Waals surface area contributed by atoms with E-state index in [4.69, 9.17) is 17.3 Å². The van der Waals surface area contributed by atoms with E-state index in [0.29, 0.717) is 10.2 Å².